The van der Waals surface area contributed by atoms with Crippen LogP contribution in [0.4, 0.5) is 11.4 Å². The number of nitro benzene ring substituents is 1. The molecule has 30 heavy (non-hydrogen) atoms. The highest BCUT2D eigenvalue weighted by Gasteiger charge is 2.47. The lowest BCUT2D eigenvalue weighted by Gasteiger charge is -2.49. The van der Waals surface area contributed by atoms with E-state index in [0.717, 1.165) is 42.7 Å². The summed E-state index contributed by atoms with van der Waals surface area (Å²) in [6, 6.07) is 24.6. The minimum absolute atomic E-state index is 0.161. The molecular weight excluding hydrogens is 372 g/mol. The van der Waals surface area contributed by atoms with Crippen LogP contribution in [0.3, 0.4) is 0 Å². The van der Waals surface area contributed by atoms with Crippen LogP contribution < -0.4 is 4.90 Å². The predicted octanol–water partition coefficient (Wildman–Crippen LogP) is 5.82. The van der Waals surface area contributed by atoms with Gasteiger partial charge in [-0.2, -0.15) is 0 Å². The molecule has 0 saturated heterocycles. The van der Waals surface area contributed by atoms with Crippen molar-refractivity contribution in [2.75, 3.05) is 18.0 Å². The summed E-state index contributed by atoms with van der Waals surface area (Å²) in [4.78, 5) is 14.3. The Labute approximate surface area is 177 Å². The third-order valence-corrected chi connectivity index (χ3v) is 7.40. The van der Waals surface area contributed by atoms with Gasteiger partial charge in [-0.3, -0.25) is 10.1 Å². The number of rotatable bonds is 3. The molecule has 3 aromatic rings. The van der Waals surface area contributed by atoms with Gasteiger partial charge in [0, 0.05) is 30.0 Å². The number of nitro groups is 1. The molecule has 0 N–H and O–H groups in total. The molecule has 3 aromatic carbocycles. The molecule has 0 aliphatic carbocycles. The molecule has 0 amide bonds. The van der Waals surface area contributed by atoms with Crippen LogP contribution in [0.25, 0.3) is 0 Å². The number of hydrogen-bond acceptors (Lipinski definition) is 3. The zero-order valence-electron chi connectivity index (χ0n) is 17.5. The molecular formula is C26H26N2O2. The average molecular weight is 399 g/mol. The smallest absolute Gasteiger partial charge is 0.275 e. The summed E-state index contributed by atoms with van der Waals surface area (Å²) in [5.74, 6) is 0. The molecule has 4 heteroatoms. The summed E-state index contributed by atoms with van der Waals surface area (Å²) in [5.41, 5.74) is 5.28. The van der Waals surface area contributed by atoms with Crippen LogP contribution in [0.2, 0.25) is 0 Å². The van der Waals surface area contributed by atoms with E-state index in [1.807, 2.05) is 30.3 Å². The van der Waals surface area contributed by atoms with Crippen molar-refractivity contribution in [1.29, 1.82) is 0 Å². The normalized spacial score (nSPS) is 24.9. The summed E-state index contributed by atoms with van der Waals surface area (Å²) in [5, 5.41) is 12.1. The van der Waals surface area contributed by atoms with E-state index < -0.39 is 0 Å². The van der Waals surface area contributed by atoms with Gasteiger partial charge >= 0.3 is 0 Å². The van der Waals surface area contributed by atoms with Crippen LogP contribution >= 0.6 is 0 Å². The second kappa shape index (κ2) is 6.69. The first-order chi connectivity index (χ1) is 14.4. The minimum Gasteiger partial charge on any atom is -0.371 e. The highest BCUT2D eigenvalue weighted by Crippen LogP contribution is 2.55. The van der Waals surface area contributed by atoms with Gasteiger partial charge in [-0.05, 0) is 35.6 Å². The zero-order chi connectivity index (χ0) is 20.9. The Morgan fingerprint density at radius 1 is 0.800 bits per heavy atom. The molecule has 0 radical (unpaired) electrons. The van der Waals surface area contributed by atoms with Gasteiger partial charge in [0.2, 0.25) is 0 Å². The largest absolute Gasteiger partial charge is 0.371 e. The van der Waals surface area contributed by atoms with Gasteiger partial charge in [0.05, 0.1) is 16.2 Å². The molecule has 0 spiro atoms. The topological polar surface area (TPSA) is 46.4 Å². The van der Waals surface area contributed by atoms with Crippen molar-refractivity contribution in [3.8, 4) is 0 Å². The summed E-state index contributed by atoms with van der Waals surface area (Å²) in [6.07, 6.45) is 1.87. The van der Waals surface area contributed by atoms with Gasteiger partial charge in [-0.15, -0.1) is 0 Å². The standard InChI is InChI=1S/C26H26N2O2/c1-25(19-9-5-3-6-10-19)15-17-27-18-16-26(2,20-11-7-4-8-12-20)23-22(28(29)30)14-13-21(25)24(23)27/h3-14H,15-18H2,1-2H3/t25-,26-/m1/s1. The monoisotopic (exact) mass is 398 g/mol. The summed E-state index contributed by atoms with van der Waals surface area (Å²) in [6.45, 7) is 6.29. The van der Waals surface area contributed by atoms with E-state index in [-0.39, 0.29) is 21.4 Å². The highest BCUT2D eigenvalue weighted by molar-refractivity contribution is 5.76. The highest BCUT2D eigenvalue weighted by atomic mass is 16.6. The van der Waals surface area contributed by atoms with Gasteiger partial charge < -0.3 is 4.90 Å². The Kier molecular flexibility index (Phi) is 4.21. The van der Waals surface area contributed by atoms with Crippen LogP contribution in [-0.4, -0.2) is 18.0 Å². The minimum atomic E-state index is -0.388. The van der Waals surface area contributed by atoms with E-state index in [1.54, 1.807) is 6.07 Å². The van der Waals surface area contributed by atoms with Gasteiger partial charge in [-0.25, -0.2) is 0 Å². The first kappa shape index (κ1) is 18.9. The SMILES string of the molecule is C[C@]1(c2ccccc2)CCN2CC[C@](C)(c3ccccc3)c3c([N+](=O)[O-])ccc1c32. The predicted molar refractivity (Wildman–Crippen MR) is 120 cm³/mol. The molecule has 4 nitrogen and oxygen atoms in total. The summed E-state index contributed by atoms with van der Waals surface area (Å²) >= 11 is 0. The quantitative estimate of drug-likeness (QED) is 0.412. The van der Waals surface area contributed by atoms with Crippen molar-refractivity contribution in [1.82, 2.24) is 0 Å². The Bertz CT molecular complexity index is 1110. The summed E-state index contributed by atoms with van der Waals surface area (Å²) in [7, 11) is 0. The van der Waals surface area contributed by atoms with Crippen LogP contribution in [0.5, 0.6) is 0 Å². The lowest BCUT2D eigenvalue weighted by atomic mass is 9.64. The van der Waals surface area contributed by atoms with Crippen molar-refractivity contribution in [2.24, 2.45) is 0 Å². The van der Waals surface area contributed by atoms with Crippen LogP contribution in [0.1, 0.15) is 48.9 Å². The second-order valence-electron chi connectivity index (χ2n) is 9.00. The van der Waals surface area contributed by atoms with Gasteiger partial charge in [0.1, 0.15) is 0 Å². The molecule has 0 aromatic heterocycles. The first-order valence-electron chi connectivity index (χ1n) is 10.6. The molecule has 0 saturated carbocycles. The van der Waals surface area contributed by atoms with Crippen molar-refractivity contribution >= 4 is 11.4 Å². The van der Waals surface area contributed by atoms with Gasteiger partial charge in [0.25, 0.3) is 5.69 Å². The van der Waals surface area contributed by atoms with Crippen LogP contribution in [0, 0.1) is 10.1 Å². The Morgan fingerprint density at radius 2 is 1.33 bits per heavy atom. The third-order valence-electron chi connectivity index (χ3n) is 7.40. The van der Waals surface area contributed by atoms with Crippen molar-refractivity contribution < 1.29 is 4.92 Å². The number of anilines is 1. The maximum Gasteiger partial charge on any atom is 0.275 e. The van der Waals surface area contributed by atoms with Crippen LogP contribution in [0.15, 0.2) is 72.8 Å². The molecule has 0 unspecified atom stereocenters. The average Bonchev–Trinajstić information content (AvgIpc) is 2.79. The fourth-order valence-electron chi connectivity index (χ4n) is 5.56. The number of hydrogen-bond donors (Lipinski definition) is 0. The molecule has 0 bridgehead atoms. The fourth-order valence-corrected chi connectivity index (χ4v) is 5.56. The Morgan fingerprint density at radius 3 is 1.90 bits per heavy atom. The molecule has 0 fully saturated rings. The number of benzene rings is 3. The van der Waals surface area contributed by atoms with Crippen LogP contribution in [-0.2, 0) is 10.8 Å². The fraction of sp³-hybridized carbons (Fsp3) is 0.308. The molecule has 2 heterocycles. The lowest BCUT2D eigenvalue weighted by molar-refractivity contribution is -0.386. The maximum absolute atomic E-state index is 12.1. The van der Waals surface area contributed by atoms with Gasteiger partial charge in [-0.1, -0.05) is 74.5 Å². The molecule has 5 rings (SSSR count). The van der Waals surface area contributed by atoms with E-state index in [4.69, 9.17) is 0 Å². The second-order valence-corrected chi connectivity index (χ2v) is 9.00. The molecule has 152 valence electrons. The Balaban J connectivity index is 1.82. The first-order valence-corrected chi connectivity index (χ1v) is 10.6. The van der Waals surface area contributed by atoms with Crippen molar-refractivity contribution in [3.05, 3.63) is 105 Å². The van der Waals surface area contributed by atoms with E-state index >= 15 is 0 Å². The third kappa shape index (κ3) is 2.59. The van der Waals surface area contributed by atoms with Crippen molar-refractivity contribution in [2.45, 2.75) is 37.5 Å². The molecule has 2 aliphatic rings. The van der Waals surface area contributed by atoms with E-state index in [1.165, 1.54) is 11.1 Å². The Hall–Kier alpha value is -3.14. The van der Waals surface area contributed by atoms with Crippen molar-refractivity contribution in [3.63, 3.8) is 0 Å². The van der Waals surface area contributed by atoms with E-state index in [2.05, 4.69) is 55.1 Å². The van der Waals surface area contributed by atoms with E-state index in [0.29, 0.717) is 0 Å². The van der Waals surface area contributed by atoms with E-state index in [9.17, 15) is 10.1 Å². The molecule has 2 aliphatic heterocycles. The number of nitrogens with zero attached hydrogens (tertiary/aromatic N) is 2. The maximum atomic E-state index is 12.1. The lowest BCUT2D eigenvalue weighted by Crippen LogP contribution is -2.47. The molecule has 2 atom stereocenters. The summed E-state index contributed by atoms with van der Waals surface area (Å²) < 4.78 is 0. The van der Waals surface area contributed by atoms with Gasteiger partial charge in [0.15, 0.2) is 0 Å². The zero-order valence-corrected chi connectivity index (χ0v) is 17.5.